The van der Waals surface area contributed by atoms with Gasteiger partial charge in [0.05, 0.1) is 23.4 Å². The summed E-state index contributed by atoms with van der Waals surface area (Å²) in [6.45, 7) is 0.256. The van der Waals surface area contributed by atoms with Gasteiger partial charge in [0.1, 0.15) is 12.2 Å². The molecule has 3 heterocycles. The molecule has 0 saturated carbocycles. The number of aromatic amines is 1. The minimum Gasteiger partial charge on any atom is -0.354 e. The smallest absolute Gasteiger partial charge is 0.276 e. The predicted octanol–water partition coefficient (Wildman–Crippen LogP) is 0.606. The first-order chi connectivity index (χ1) is 12.6. The Bertz CT molecular complexity index is 1050. The minimum absolute atomic E-state index is 0.0271. The van der Waals surface area contributed by atoms with Crippen molar-refractivity contribution in [2.24, 2.45) is 0 Å². The lowest BCUT2D eigenvalue weighted by atomic mass is 10.2. The van der Waals surface area contributed by atoms with Crippen molar-refractivity contribution in [1.29, 1.82) is 0 Å². The van der Waals surface area contributed by atoms with Crippen LogP contribution in [0.2, 0.25) is 0 Å². The fourth-order valence-corrected chi connectivity index (χ4v) is 3.08. The first-order valence-corrected chi connectivity index (χ1v) is 8.04. The Kier molecular flexibility index (Phi) is 3.68. The van der Waals surface area contributed by atoms with Gasteiger partial charge in [-0.05, 0) is 12.1 Å². The lowest BCUT2D eigenvalue weighted by Crippen LogP contribution is -2.36. The van der Waals surface area contributed by atoms with Gasteiger partial charge in [-0.25, -0.2) is 0 Å². The molecule has 0 aliphatic carbocycles. The van der Waals surface area contributed by atoms with Crippen LogP contribution in [0, 0.1) is 0 Å². The summed E-state index contributed by atoms with van der Waals surface area (Å²) in [5.74, 6) is -0.905. The molecule has 0 saturated heterocycles. The van der Waals surface area contributed by atoms with Crippen LogP contribution in [-0.2, 0) is 17.9 Å². The van der Waals surface area contributed by atoms with Gasteiger partial charge < -0.3 is 20.5 Å². The van der Waals surface area contributed by atoms with Crippen LogP contribution in [0.1, 0.15) is 26.7 Å². The van der Waals surface area contributed by atoms with E-state index in [1.807, 2.05) is 18.2 Å². The summed E-state index contributed by atoms with van der Waals surface area (Å²) in [4.78, 5) is 36.5. The zero-order valence-corrected chi connectivity index (χ0v) is 13.9. The van der Waals surface area contributed by atoms with E-state index in [4.69, 9.17) is 0 Å². The van der Waals surface area contributed by atoms with Gasteiger partial charge in [0, 0.05) is 12.4 Å². The molecule has 9 heteroatoms. The van der Waals surface area contributed by atoms with Crippen molar-refractivity contribution in [3.05, 3.63) is 47.4 Å². The third-order valence-corrected chi connectivity index (χ3v) is 4.36. The number of aromatic nitrogens is 3. The molecule has 0 unspecified atom stereocenters. The Hall–Kier alpha value is -3.62. The normalized spacial score (nSPS) is 13.2. The molecular formula is C17H16N6O3. The Morgan fingerprint density at radius 2 is 2.04 bits per heavy atom. The molecular weight excluding hydrogens is 336 g/mol. The van der Waals surface area contributed by atoms with Crippen LogP contribution >= 0.6 is 0 Å². The average Bonchev–Trinajstić information content (AvgIpc) is 3.22. The molecule has 0 radical (unpaired) electrons. The van der Waals surface area contributed by atoms with Crippen LogP contribution in [0.4, 0.5) is 5.69 Å². The number of rotatable bonds is 3. The first kappa shape index (κ1) is 15.9. The summed E-state index contributed by atoms with van der Waals surface area (Å²) in [7, 11) is 1.51. The zero-order valence-electron chi connectivity index (χ0n) is 13.9. The topological polar surface area (TPSA) is 121 Å². The van der Waals surface area contributed by atoms with Gasteiger partial charge >= 0.3 is 0 Å². The maximum Gasteiger partial charge on any atom is 0.276 e. The molecule has 132 valence electrons. The van der Waals surface area contributed by atoms with Crippen molar-refractivity contribution in [2.45, 2.75) is 13.1 Å². The van der Waals surface area contributed by atoms with E-state index in [0.717, 1.165) is 5.52 Å². The first-order valence-electron chi connectivity index (χ1n) is 8.04. The number of hydrogen-bond acceptors (Lipinski definition) is 4. The van der Waals surface area contributed by atoms with Crippen LogP contribution in [-0.4, -0.2) is 39.5 Å². The lowest BCUT2D eigenvalue weighted by Gasteiger charge is -2.19. The van der Waals surface area contributed by atoms with E-state index >= 15 is 0 Å². The SMILES string of the molecule is CNC(=O)c1cc(NC(=O)c2n[nH]c3ccccc23)c2n1CC(=O)NC2. The van der Waals surface area contributed by atoms with E-state index in [-0.39, 0.29) is 30.6 Å². The van der Waals surface area contributed by atoms with Crippen molar-refractivity contribution < 1.29 is 14.4 Å². The number of H-pyrrole nitrogens is 1. The second-order valence-corrected chi connectivity index (χ2v) is 5.90. The molecule has 4 rings (SSSR count). The van der Waals surface area contributed by atoms with Crippen molar-refractivity contribution in [3.63, 3.8) is 0 Å². The molecule has 0 atom stereocenters. The lowest BCUT2D eigenvalue weighted by molar-refractivity contribution is -0.122. The quantitative estimate of drug-likeness (QED) is 0.552. The van der Waals surface area contributed by atoms with Crippen LogP contribution in [0.5, 0.6) is 0 Å². The van der Waals surface area contributed by atoms with Gasteiger partial charge in [-0.3, -0.25) is 19.5 Å². The van der Waals surface area contributed by atoms with Crippen LogP contribution in [0.3, 0.4) is 0 Å². The molecule has 0 spiro atoms. The predicted molar refractivity (Wildman–Crippen MR) is 93.7 cm³/mol. The summed E-state index contributed by atoms with van der Waals surface area (Å²) in [5, 5.41) is 15.7. The number of nitrogens with zero attached hydrogens (tertiary/aromatic N) is 2. The van der Waals surface area contributed by atoms with Crippen molar-refractivity contribution in [3.8, 4) is 0 Å². The molecule has 4 N–H and O–H groups in total. The van der Waals surface area contributed by atoms with E-state index < -0.39 is 5.91 Å². The Morgan fingerprint density at radius 3 is 2.85 bits per heavy atom. The number of benzene rings is 1. The largest absolute Gasteiger partial charge is 0.354 e. The van der Waals surface area contributed by atoms with Crippen molar-refractivity contribution in [2.75, 3.05) is 12.4 Å². The molecule has 2 aromatic heterocycles. The molecule has 3 amide bonds. The molecule has 1 aliphatic rings. The summed E-state index contributed by atoms with van der Waals surface area (Å²) in [5.41, 5.74) is 2.48. The highest BCUT2D eigenvalue weighted by Gasteiger charge is 2.26. The number of fused-ring (bicyclic) bond motifs is 2. The van der Waals surface area contributed by atoms with Gasteiger partial charge in [-0.2, -0.15) is 5.10 Å². The van der Waals surface area contributed by atoms with Crippen LogP contribution in [0.15, 0.2) is 30.3 Å². The van der Waals surface area contributed by atoms with Crippen molar-refractivity contribution in [1.82, 2.24) is 25.4 Å². The number of carbonyl (C=O) groups is 3. The number of nitrogens with one attached hydrogen (secondary N) is 4. The van der Waals surface area contributed by atoms with E-state index in [1.165, 1.54) is 7.05 Å². The van der Waals surface area contributed by atoms with Crippen LogP contribution in [0.25, 0.3) is 10.9 Å². The summed E-state index contributed by atoms with van der Waals surface area (Å²) < 4.78 is 1.61. The van der Waals surface area contributed by atoms with E-state index in [9.17, 15) is 14.4 Å². The number of carbonyl (C=O) groups excluding carboxylic acids is 3. The van der Waals surface area contributed by atoms with Gasteiger partial charge in [-0.1, -0.05) is 18.2 Å². The molecule has 0 fully saturated rings. The van der Waals surface area contributed by atoms with Crippen molar-refractivity contribution >= 4 is 34.3 Å². The second-order valence-electron chi connectivity index (χ2n) is 5.90. The average molecular weight is 352 g/mol. The van der Waals surface area contributed by atoms with Crippen LogP contribution < -0.4 is 16.0 Å². The summed E-state index contributed by atoms with van der Waals surface area (Å²) in [6.07, 6.45) is 0. The number of hydrogen-bond donors (Lipinski definition) is 4. The molecule has 3 aromatic rings. The third-order valence-electron chi connectivity index (χ3n) is 4.36. The minimum atomic E-state index is -0.392. The summed E-state index contributed by atoms with van der Waals surface area (Å²) in [6, 6.07) is 8.89. The van der Waals surface area contributed by atoms with E-state index in [0.29, 0.717) is 22.5 Å². The molecule has 1 aromatic carbocycles. The molecule has 26 heavy (non-hydrogen) atoms. The summed E-state index contributed by atoms with van der Waals surface area (Å²) >= 11 is 0. The third kappa shape index (κ3) is 2.50. The fraction of sp³-hybridized carbons (Fsp3) is 0.176. The fourth-order valence-electron chi connectivity index (χ4n) is 3.08. The maximum absolute atomic E-state index is 12.7. The number of amides is 3. The highest BCUT2D eigenvalue weighted by atomic mass is 16.2. The highest BCUT2D eigenvalue weighted by molar-refractivity contribution is 6.11. The highest BCUT2D eigenvalue weighted by Crippen LogP contribution is 2.25. The molecule has 0 bridgehead atoms. The van der Waals surface area contributed by atoms with E-state index in [2.05, 4.69) is 26.1 Å². The Morgan fingerprint density at radius 1 is 1.23 bits per heavy atom. The number of anilines is 1. The van der Waals surface area contributed by atoms with Gasteiger partial charge in [0.25, 0.3) is 11.8 Å². The zero-order chi connectivity index (χ0) is 18.3. The monoisotopic (exact) mass is 352 g/mol. The Balaban J connectivity index is 1.71. The molecule has 1 aliphatic heterocycles. The van der Waals surface area contributed by atoms with Gasteiger partial charge in [0.2, 0.25) is 5.91 Å². The number of para-hydroxylation sites is 1. The van der Waals surface area contributed by atoms with Gasteiger partial charge in [0.15, 0.2) is 5.69 Å². The second kappa shape index (κ2) is 6.03. The standard InChI is InChI=1S/C17H16N6O3/c1-18-16(25)12-6-11(13-7-19-14(24)8-23(12)13)20-17(26)15-9-4-2-3-5-10(9)21-22-15/h2-6H,7-8H2,1H3,(H,18,25)(H,19,24)(H,20,26)(H,21,22). The molecule has 9 nitrogen and oxygen atoms in total. The van der Waals surface area contributed by atoms with Gasteiger partial charge in [-0.15, -0.1) is 0 Å². The van der Waals surface area contributed by atoms with E-state index in [1.54, 1.807) is 16.7 Å². The maximum atomic E-state index is 12.7. The Labute approximate surface area is 147 Å².